The minimum absolute atomic E-state index is 0.0959. The van der Waals surface area contributed by atoms with Gasteiger partial charge in [-0.3, -0.25) is 9.78 Å². The van der Waals surface area contributed by atoms with Crippen molar-refractivity contribution in [2.24, 2.45) is 0 Å². The van der Waals surface area contributed by atoms with Crippen LogP contribution in [-0.4, -0.2) is 20.7 Å². The first-order valence-electron chi connectivity index (χ1n) is 8.22. The SMILES string of the molecule is [C-]#[N+]c1ccc(-c2cnc(CNC(=O)C=C)c(-c3ccn(C(F)F)n3)c2)cc1. The maximum absolute atomic E-state index is 12.9. The molecule has 0 fully saturated rings. The fraction of sp³-hybridized carbons (Fsp3) is 0.100. The Kier molecular flexibility index (Phi) is 5.56. The van der Waals surface area contributed by atoms with E-state index in [1.54, 1.807) is 36.5 Å². The highest BCUT2D eigenvalue weighted by molar-refractivity contribution is 5.87. The molecule has 6 nitrogen and oxygen atoms in total. The standard InChI is InChI=1S/C20H15F2N5O/c1-3-19(28)25-12-18-16(17-8-9-27(26-17)20(21)22)10-14(11-24-18)13-4-6-15(23-2)7-5-13/h3-11,20H,1,12H2,(H,25,28). The van der Waals surface area contributed by atoms with E-state index < -0.39 is 6.55 Å². The summed E-state index contributed by atoms with van der Waals surface area (Å²) in [6.07, 6.45) is 3.94. The Morgan fingerprint density at radius 2 is 2.04 bits per heavy atom. The molecule has 0 bridgehead atoms. The Bertz CT molecular complexity index is 1050. The number of nitrogens with one attached hydrogen (secondary N) is 1. The molecular formula is C20H15F2N5O. The van der Waals surface area contributed by atoms with E-state index in [0.29, 0.717) is 27.3 Å². The molecule has 3 aromatic rings. The van der Waals surface area contributed by atoms with Crippen LogP contribution in [0.1, 0.15) is 12.2 Å². The zero-order valence-corrected chi connectivity index (χ0v) is 14.6. The topological polar surface area (TPSA) is 64.2 Å². The number of alkyl halides is 2. The third kappa shape index (κ3) is 4.10. The first-order chi connectivity index (χ1) is 13.5. The smallest absolute Gasteiger partial charge is 0.333 e. The second-order valence-electron chi connectivity index (χ2n) is 5.76. The average Bonchev–Trinajstić information content (AvgIpc) is 3.22. The van der Waals surface area contributed by atoms with Crippen LogP contribution in [0.5, 0.6) is 0 Å². The summed E-state index contributed by atoms with van der Waals surface area (Å²) in [5, 5.41) is 6.53. The zero-order chi connectivity index (χ0) is 20.1. The van der Waals surface area contributed by atoms with Crippen molar-refractivity contribution in [2.75, 3.05) is 0 Å². The molecule has 1 N–H and O–H groups in total. The highest BCUT2D eigenvalue weighted by Gasteiger charge is 2.15. The minimum Gasteiger partial charge on any atom is -0.347 e. The van der Waals surface area contributed by atoms with Crippen LogP contribution in [-0.2, 0) is 11.3 Å². The van der Waals surface area contributed by atoms with Crippen LogP contribution in [0, 0.1) is 6.57 Å². The van der Waals surface area contributed by atoms with Gasteiger partial charge < -0.3 is 5.32 Å². The summed E-state index contributed by atoms with van der Waals surface area (Å²) >= 11 is 0. The van der Waals surface area contributed by atoms with Crippen LogP contribution in [0.15, 0.2) is 61.4 Å². The highest BCUT2D eigenvalue weighted by atomic mass is 19.3. The molecule has 0 spiro atoms. The number of carbonyl (C=O) groups is 1. The number of nitrogens with zero attached hydrogens (tertiary/aromatic N) is 4. The second-order valence-corrected chi connectivity index (χ2v) is 5.76. The molecular weight excluding hydrogens is 364 g/mol. The van der Waals surface area contributed by atoms with Crippen LogP contribution in [0.4, 0.5) is 14.5 Å². The molecule has 1 aromatic carbocycles. The molecule has 2 aromatic heterocycles. The van der Waals surface area contributed by atoms with E-state index in [9.17, 15) is 13.6 Å². The normalized spacial score (nSPS) is 10.5. The van der Waals surface area contributed by atoms with Gasteiger partial charge in [0.2, 0.25) is 5.91 Å². The van der Waals surface area contributed by atoms with Crippen molar-refractivity contribution in [3.63, 3.8) is 0 Å². The van der Waals surface area contributed by atoms with E-state index in [1.165, 1.54) is 12.3 Å². The lowest BCUT2D eigenvalue weighted by molar-refractivity contribution is -0.116. The van der Waals surface area contributed by atoms with Crippen molar-refractivity contribution in [2.45, 2.75) is 13.1 Å². The number of aromatic nitrogens is 3. The molecule has 3 rings (SSSR count). The Balaban J connectivity index is 2.03. The maximum atomic E-state index is 12.9. The number of hydrogen-bond donors (Lipinski definition) is 1. The van der Waals surface area contributed by atoms with Gasteiger partial charge in [0.1, 0.15) is 0 Å². The number of hydrogen-bond acceptors (Lipinski definition) is 3. The maximum Gasteiger partial charge on any atom is 0.333 e. The highest BCUT2D eigenvalue weighted by Crippen LogP contribution is 2.29. The molecule has 0 unspecified atom stereocenters. The Morgan fingerprint density at radius 1 is 1.29 bits per heavy atom. The Hall–Kier alpha value is -3.86. The molecule has 0 saturated heterocycles. The molecule has 0 saturated carbocycles. The second kappa shape index (κ2) is 8.22. The van der Waals surface area contributed by atoms with Gasteiger partial charge in [-0.05, 0) is 23.8 Å². The van der Waals surface area contributed by atoms with E-state index in [1.807, 2.05) is 0 Å². The lowest BCUT2D eigenvalue weighted by Gasteiger charge is -2.10. The van der Waals surface area contributed by atoms with Gasteiger partial charge in [-0.2, -0.15) is 13.9 Å². The first kappa shape index (κ1) is 18.9. The van der Waals surface area contributed by atoms with E-state index in [-0.39, 0.29) is 12.5 Å². The van der Waals surface area contributed by atoms with Gasteiger partial charge >= 0.3 is 6.55 Å². The molecule has 1 amide bonds. The zero-order valence-electron chi connectivity index (χ0n) is 14.6. The predicted octanol–water partition coefficient (Wildman–Crippen LogP) is 4.36. The van der Waals surface area contributed by atoms with Gasteiger partial charge in [0.25, 0.3) is 0 Å². The summed E-state index contributed by atoms with van der Waals surface area (Å²) in [6.45, 7) is 7.76. The molecule has 0 atom stereocenters. The third-order valence-corrected chi connectivity index (χ3v) is 4.00. The number of benzene rings is 1. The van der Waals surface area contributed by atoms with Gasteiger partial charge in [-0.1, -0.05) is 30.8 Å². The van der Waals surface area contributed by atoms with Crippen molar-refractivity contribution in [3.8, 4) is 22.4 Å². The van der Waals surface area contributed by atoms with Crippen molar-refractivity contribution < 1.29 is 13.6 Å². The summed E-state index contributed by atoms with van der Waals surface area (Å²) in [5.41, 5.74) is 3.38. The van der Waals surface area contributed by atoms with Crippen molar-refractivity contribution in [1.82, 2.24) is 20.1 Å². The van der Waals surface area contributed by atoms with Gasteiger partial charge in [-0.25, -0.2) is 9.53 Å². The summed E-state index contributed by atoms with van der Waals surface area (Å²) in [6, 6.07) is 10.2. The number of carbonyl (C=O) groups excluding carboxylic acids is 1. The summed E-state index contributed by atoms with van der Waals surface area (Å²) < 4.78 is 26.4. The molecule has 0 aliphatic heterocycles. The van der Waals surface area contributed by atoms with Gasteiger partial charge in [0, 0.05) is 23.5 Å². The minimum atomic E-state index is -2.75. The molecule has 0 aliphatic carbocycles. The van der Waals surface area contributed by atoms with Crippen LogP contribution in [0.3, 0.4) is 0 Å². The van der Waals surface area contributed by atoms with Crippen molar-refractivity contribution in [3.05, 3.63) is 78.6 Å². The van der Waals surface area contributed by atoms with E-state index in [0.717, 1.165) is 17.2 Å². The Labute approximate surface area is 160 Å². The van der Waals surface area contributed by atoms with E-state index in [2.05, 4.69) is 26.8 Å². The fourth-order valence-electron chi connectivity index (χ4n) is 2.58. The van der Waals surface area contributed by atoms with Gasteiger partial charge in [0.15, 0.2) is 5.69 Å². The fourth-order valence-corrected chi connectivity index (χ4v) is 2.58. The van der Waals surface area contributed by atoms with Gasteiger partial charge in [-0.15, -0.1) is 0 Å². The first-order valence-corrected chi connectivity index (χ1v) is 8.22. The summed E-state index contributed by atoms with van der Waals surface area (Å²) in [4.78, 5) is 19.2. The molecule has 28 heavy (non-hydrogen) atoms. The number of amides is 1. The molecule has 8 heteroatoms. The molecule has 0 radical (unpaired) electrons. The predicted molar refractivity (Wildman–Crippen MR) is 100 cm³/mol. The molecule has 140 valence electrons. The third-order valence-electron chi connectivity index (χ3n) is 4.00. The van der Waals surface area contributed by atoms with E-state index in [4.69, 9.17) is 6.57 Å². The lowest BCUT2D eigenvalue weighted by Crippen LogP contribution is -2.21. The molecule has 0 aliphatic rings. The molecule has 2 heterocycles. The van der Waals surface area contributed by atoms with Crippen LogP contribution >= 0.6 is 0 Å². The summed E-state index contributed by atoms with van der Waals surface area (Å²) in [5.74, 6) is -0.371. The monoisotopic (exact) mass is 379 g/mol. The number of halogens is 2. The lowest BCUT2D eigenvalue weighted by atomic mass is 10.0. The van der Waals surface area contributed by atoms with E-state index >= 15 is 0 Å². The van der Waals surface area contributed by atoms with Crippen molar-refractivity contribution in [1.29, 1.82) is 0 Å². The number of rotatable bonds is 6. The largest absolute Gasteiger partial charge is 0.347 e. The van der Waals surface area contributed by atoms with Crippen LogP contribution < -0.4 is 5.32 Å². The quantitative estimate of drug-likeness (QED) is 0.511. The summed E-state index contributed by atoms with van der Waals surface area (Å²) in [7, 11) is 0. The van der Waals surface area contributed by atoms with Crippen LogP contribution in [0.2, 0.25) is 0 Å². The van der Waals surface area contributed by atoms with Crippen molar-refractivity contribution >= 4 is 11.6 Å². The Morgan fingerprint density at radius 3 is 2.64 bits per heavy atom. The van der Waals surface area contributed by atoms with Crippen LogP contribution in [0.25, 0.3) is 27.2 Å². The number of pyridine rings is 1. The van der Waals surface area contributed by atoms with Gasteiger partial charge in [0.05, 0.1) is 24.5 Å². The average molecular weight is 379 g/mol.